The zero-order valence-electron chi connectivity index (χ0n) is 10.5. The summed E-state index contributed by atoms with van der Waals surface area (Å²) in [5, 5.41) is 4.82. The lowest BCUT2D eigenvalue weighted by atomic mass is 9.74. The van der Waals surface area contributed by atoms with E-state index in [-0.39, 0.29) is 0 Å². The molecule has 1 fully saturated rings. The molecular weight excluding hydrogens is 220 g/mol. The largest absolute Gasteiger partial charge is 0.316 e. The van der Waals surface area contributed by atoms with Crippen molar-refractivity contribution in [2.75, 3.05) is 13.1 Å². The molecule has 1 saturated heterocycles. The summed E-state index contributed by atoms with van der Waals surface area (Å²) in [6, 6.07) is 10.8. The van der Waals surface area contributed by atoms with E-state index in [0.717, 1.165) is 17.4 Å². The third kappa shape index (κ3) is 1.64. The Balaban J connectivity index is 1.80. The number of pyridine rings is 1. The Morgan fingerprint density at radius 2 is 2.06 bits per heavy atom. The highest BCUT2D eigenvalue weighted by atomic mass is 14.9. The van der Waals surface area contributed by atoms with Gasteiger partial charge in [0.25, 0.3) is 0 Å². The van der Waals surface area contributed by atoms with E-state index in [4.69, 9.17) is 4.98 Å². The van der Waals surface area contributed by atoms with Gasteiger partial charge in [-0.15, -0.1) is 0 Å². The van der Waals surface area contributed by atoms with Crippen molar-refractivity contribution in [1.29, 1.82) is 0 Å². The molecule has 2 atom stereocenters. The molecule has 1 aliphatic heterocycles. The van der Waals surface area contributed by atoms with Gasteiger partial charge in [-0.2, -0.15) is 0 Å². The summed E-state index contributed by atoms with van der Waals surface area (Å²) in [6.45, 7) is 2.38. The van der Waals surface area contributed by atoms with Crippen LogP contribution in [-0.2, 0) is 12.8 Å². The Morgan fingerprint density at radius 1 is 1.11 bits per heavy atom. The fourth-order valence-corrected chi connectivity index (χ4v) is 3.57. The Morgan fingerprint density at radius 3 is 3.06 bits per heavy atom. The molecule has 2 aliphatic rings. The van der Waals surface area contributed by atoms with Crippen LogP contribution in [0.5, 0.6) is 0 Å². The maximum atomic E-state index is 4.89. The SMILES string of the molecule is c1ccc2nc3c(cc2c1)CC1CNCCC1C3. The molecule has 0 amide bonds. The second kappa shape index (κ2) is 4.06. The van der Waals surface area contributed by atoms with Crippen LogP contribution in [0.1, 0.15) is 17.7 Å². The van der Waals surface area contributed by atoms with E-state index in [1.807, 2.05) is 0 Å². The van der Waals surface area contributed by atoms with E-state index in [1.165, 1.54) is 49.0 Å². The van der Waals surface area contributed by atoms with E-state index in [1.54, 1.807) is 0 Å². The Bertz CT molecular complexity index is 538. The molecule has 1 aromatic heterocycles. The van der Waals surface area contributed by atoms with Gasteiger partial charge < -0.3 is 5.32 Å². The van der Waals surface area contributed by atoms with Crippen LogP contribution < -0.4 is 5.32 Å². The second-order valence-electron chi connectivity index (χ2n) is 5.71. The van der Waals surface area contributed by atoms with Crippen molar-refractivity contribution in [3.8, 4) is 0 Å². The molecule has 4 rings (SSSR count). The van der Waals surface area contributed by atoms with Gasteiger partial charge in [0.15, 0.2) is 0 Å². The van der Waals surface area contributed by atoms with Gasteiger partial charge in [-0.1, -0.05) is 18.2 Å². The fraction of sp³-hybridized carbons (Fsp3) is 0.438. The molecule has 0 radical (unpaired) electrons. The van der Waals surface area contributed by atoms with Gasteiger partial charge in [0, 0.05) is 11.1 Å². The summed E-state index contributed by atoms with van der Waals surface area (Å²) in [5.74, 6) is 1.68. The number of benzene rings is 1. The van der Waals surface area contributed by atoms with Gasteiger partial charge in [-0.3, -0.25) is 4.98 Å². The number of rotatable bonds is 0. The van der Waals surface area contributed by atoms with Crippen LogP contribution in [0.15, 0.2) is 30.3 Å². The zero-order chi connectivity index (χ0) is 11.9. The normalized spacial score (nSPS) is 26.7. The quantitative estimate of drug-likeness (QED) is 0.763. The lowest BCUT2D eigenvalue weighted by molar-refractivity contribution is 0.235. The number of hydrogen-bond donors (Lipinski definition) is 1. The highest BCUT2D eigenvalue weighted by Crippen LogP contribution is 2.34. The average molecular weight is 238 g/mol. The van der Waals surface area contributed by atoms with Crippen molar-refractivity contribution < 1.29 is 0 Å². The van der Waals surface area contributed by atoms with Crippen molar-refractivity contribution in [2.24, 2.45) is 11.8 Å². The van der Waals surface area contributed by atoms with Gasteiger partial charge in [0.2, 0.25) is 0 Å². The lowest BCUT2D eigenvalue weighted by Gasteiger charge is -2.36. The van der Waals surface area contributed by atoms with E-state index < -0.39 is 0 Å². The molecule has 1 aliphatic carbocycles. The Hall–Kier alpha value is -1.41. The minimum absolute atomic E-state index is 0.828. The van der Waals surface area contributed by atoms with E-state index in [0.29, 0.717) is 0 Å². The van der Waals surface area contributed by atoms with Gasteiger partial charge in [0.05, 0.1) is 5.52 Å². The van der Waals surface area contributed by atoms with Crippen molar-refractivity contribution in [3.63, 3.8) is 0 Å². The molecule has 2 aromatic rings. The summed E-state index contributed by atoms with van der Waals surface area (Å²) in [7, 11) is 0. The predicted octanol–water partition coefficient (Wildman–Crippen LogP) is 2.56. The van der Waals surface area contributed by atoms with Crippen LogP contribution in [0.4, 0.5) is 0 Å². The first kappa shape index (κ1) is 10.5. The molecule has 1 N–H and O–H groups in total. The monoisotopic (exact) mass is 238 g/mol. The summed E-state index contributed by atoms with van der Waals surface area (Å²) >= 11 is 0. The van der Waals surface area contributed by atoms with Crippen LogP contribution in [0, 0.1) is 11.8 Å². The van der Waals surface area contributed by atoms with Gasteiger partial charge in [-0.25, -0.2) is 0 Å². The molecular formula is C16H18N2. The van der Waals surface area contributed by atoms with Gasteiger partial charge in [0.1, 0.15) is 0 Å². The summed E-state index contributed by atoms with van der Waals surface area (Å²) in [6.07, 6.45) is 3.72. The predicted molar refractivity (Wildman–Crippen MR) is 73.6 cm³/mol. The smallest absolute Gasteiger partial charge is 0.0705 e. The molecule has 2 unspecified atom stereocenters. The van der Waals surface area contributed by atoms with Crippen molar-refractivity contribution in [1.82, 2.24) is 10.3 Å². The molecule has 2 heterocycles. The van der Waals surface area contributed by atoms with Crippen LogP contribution in [0.2, 0.25) is 0 Å². The van der Waals surface area contributed by atoms with E-state index in [2.05, 4.69) is 35.6 Å². The first-order valence-corrected chi connectivity index (χ1v) is 6.98. The maximum absolute atomic E-state index is 4.89. The van der Waals surface area contributed by atoms with Crippen LogP contribution >= 0.6 is 0 Å². The average Bonchev–Trinajstić information content (AvgIpc) is 2.42. The fourth-order valence-electron chi connectivity index (χ4n) is 3.57. The number of piperidine rings is 1. The summed E-state index contributed by atoms with van der Waals surface area (Å²) in [4.78, 5) is 4.89. The van der Waals surface area contributed by atoms with Gasteiger partial charge >= 0.3 is 0 Å². The molecule has 0 spiro atoms. The number of hydrogen-bond acceptors (Lipinski definition) is 2. The number of nitrogens with one attached hydrogen (secondary N) is 1. The first-order chi connectivity index (χ1) is 8.90. The standard InChI is InChI=1S/C16H18N2/c1-2-4-15-12(3-1)7-13-8-14-10-17-6-5-11(14)9-16(13)18-15/h1-4,7,11,14,17H,5-6,8-10H2. The molecule has 18 heavy (non-hydrogen) atoms. The van der Waals surface area contributed by atoms with Crippen LogP contribution in [-0.4, -0.2) is 18.1 Å². The minimum Gasteiger partial charge on any atom is -0.316 e. The zero-order valence-corrected chi connectivity index (χ0v) is 10.5. The lowest BCUT2D eigenvalue weighted by Crippen LogP contribution is -2.41. The van der Waals surface area contributed by atoms with Crippen LogP contribution in [0.25, 0.3) is 10.9 Å². The maximum Gasteiger partial charge on any atom is 0.0705 e. The highest BCUT2D eigenvalue weighted by molar-refractivity contribution is 5.79. The van der Waals surface area contributed by atoms with E-state index in [9.17, 15) is 0 Å². The topological polar surface area (TPSA) is 24.9 Å². The van der Waals surface area contributed by atoms with Crippen LogP contribution in [0.3, 0.4) is 0 Å². The van der Waals surface area contributed by atoms with Crippen molar-refractivity contribution >= 4 is 10.9 Å². The molecule has 2 heteroatoms. The summed E-state index contributed by atoms with van der Waals surface area (Å²) < 4.78 is 0. The number of para-hydroxylation sites is 1. The Kier molecular flexibility index (Phi) is 2.37. The molecule has 2 nitrogen and oxygen atoms in total. The summed E-state index contributed by atoms with van der Waals surface area (Å²) in [5.41, 5.74) is 4.00. The van der Waals surface area contributed by atoms with Crippen molar-refractivity contribution in [3.05, 3.63) is 41.6 Å². The minimum atomic E-state index is 0.828. The number of fused-ring (bicyclic) bond motifs is 3. The van der Waals surface area contributed by atoms with Crippen molar-refractivity contribution in [2.45, 2.75) is 19.3 Å². The Labute approximate surface area is 107 Å². The number of aromatic nitrogens is 1. The highest BCUT2D eigenvalue weighted by Gasteiger charge is 2.31. The van der Waals surface area contributed by atoms with E-state index >= 15 is 0 Å². The number of nitrogens with zero attached hydrogens (tertiary/aromatic N) is 1. The first-order valence-electron chi connectivity index (χ1n) is 6.98. The third-order valence-corrected chi connectivity index (χ3v) is 4.60. The van der Waals surface area contributed by atoms with Gasteiger partial charge in [-0.05, 0) is 61.9 Å². The second-order valence-corrected chi connectivity index (χ2v) is 5.71. The molecule has 1 aromatic carbocycles. The molecule has 0 bridgehead atoms. The third-order valence-electron chi connectivity index (χ3n) is 4.60. The molecule has 92 valence electrons. The molecule has 0 saturated carbocycles.